The average molecular weight is 278 g/mol. The Morgan fingerprint density at radius 3 is 2.62 bits per heavy atom. The van der Waals surface area contributed by atoms with Gasteiger partial charge < -0.3 is 10.1 Å². The second kappa shape index (κ2) is 6.37. The molecule has 2 aromatic carbocycles. The van der Waals surface area contributed by atoms with Crippen molar-refractivity contribution in [2.45, 2.75) is 13.1 Å². The van der Waals surface area contributed by atoms with Gasteiger partial charge in [-0.15, -0.1) is 0 Å². The van der Waals surface area contributed by atoms with Crippen molar-refractivity contribution in [1.82, 2.24) is 10.3 Å². The molecule has 0 saturated carbocycles. The van der Waals surface area contributed by atoms with Gasteiger partial charge in [0.15, 0.2) is 0 Å². The maximum Gasteiger partial charge on any atom is 0.213 e. The lowest BCUT2D eigenvalue weighted by atomic mass is 10.0. The Hall–Kier alpha value is -2.39. The van der Waals surface area contributed by atoms with Gasteiger partial charge in [-0.2, -0.15) is 0 Å². The number of pyridine rings is 1. The van der Waals surface area contributed by atoms with E-state index in [2.05, 4.69) is 52.8 Å². The van der Waals surface area contributed by atoms with Crippen LogP contribution in [-0.2, 0) is 13.1 Å². The molecule has 0 atom stereocenters. The van der Waals surface area contributed by atoms with Crippen LogP contribution in [0.2, 0.25) is 0 Å². The van der Waals surface area contributed by atoms with Crippen molar-refractivity contribution in [3.63, 3.8) is 0 Å². The van der Waals surface area contributed by atoms with Crippen LogP contribution in [-0.4, -0.2) is 12.1 Å². The van der Waals surface area contributed by atoms with Gasteiger partial charge in [-0.1, -0.05) is 48.5 Å². The van der Waals surface area contributed by atoms with Crippen LogP contribution in [0.1, 0.15) is 11.3 Å². The molecule has 21 heavy (non-hydrogen) atoms. The molecule has 106 valence electrons. The van der Waals surface area contributed by atoms with E-state index in [-0.39, 0.29) is 0 Å². The lowest BCUT2D eigenvalue weighted by molar-refractivity contribution is 0.395. The Morgan fingerprint density at radius 1 is 0.905 bits per heavy atom. The molecule has 3 heteroatoms. The van der Waals surface area contributed by atoms with Crippen LogP contribution < -0.4 is 10.1 Å². The van der Waals surface area contributed by atoms with Crippen LogP contribution in [0.3, 0.4) is 0 Å². The van der Waals surface area contributed by atoms with Crippen molar-refractivity contribution in [1.29, 1.82) is 0 Å². The van der Waals surface area contributed by atoms with E-state index in [0.717, 1.165) is 18.8 Å². The van der Waals surface area contributed by atoms with Gasteiger partial charge in [0.2, 0.25) is 5.88 Å². The minimum absolute atomic E-state index is 0.652. The first kappa shape index (κ1) is 13.6. The van der Waals surface area contributed by atoms with Gasteiger partial charge in [-0.25, -0.2) is 4.98 Å². The lowest BCUT2D eigenvalue weighted by Crippen LogP contribution is -2.14. The number of hydrogen-bond donors (Lipinski definition) is 1. The number of ether oxygens (including phenoxy) is 1. The highest BCUT2D eigenvalue weighted by Crippen LogP contribution is 2.18. The fourth-order valence-electron chi connectivity index (χ4n) is 2.44. The summed E-state index contributed by atoms with van der Waals surface area (Å²) < 4.78 is 5.14. The summed E-state index contributed by atoms with van der Waals surface area (Å²) in [4.78, 5) is 4.40. The molecule has 3 nitrogen and oxygen atoms in total. The van der Waals surface area contributed by atoms with E-state index < -0.39 is 0 Å². The number of aromatic nitrogens is 1. The first-order valence-corrected chi connectivity index (χ1v) is 7.04. The van der Waals surface area contributed by atoms with E-state index >= 15 is 0 Å². The van der Waals surface area contributed by atoms with Crippen molar-refractivity contribution < 1.29 is 4.74 Å². The Morgan fingerprint density at radius 2 is 1.71 bits per heavy atom. The highest BCUT2D eigenvalue weighted by molar-refractivity contribution is 5.85. The van der Waals surface area contributed by atoms with E-state index in [1.54, 1.807) is 7.11 Å². The topological polar surface area (TPSA) is 34.1 Å². The van der Waals surface area contributed by atoms with Crippen LogP contribution in [0, 0.1) is 0 Å². The van der Waals surface area contributed by atoms with Crippen LogP contribution in [0.15, 0.2) is 60.7 Å². The predicted molar refractivity (Wildman–Crippen MR) is 85.3 cm³/mol. The summed E-state index contributed by atoms with van der Waals surface area (Å²) >= 11 is 0. The van der Waals surface area contributed by atoms with Gasteiger partial charge in [0.05, 0.1) is 12.8 Å². The number of hydrogen-bond acceptors (Lipinski definition) is 3. The van der Waals surface area contributed by atoms with Crippen LogP contribution in [0.5, 0.6) is 5.88 Å². The molecule has 0 radical (unpaired) electrons. The predicted octanol–water partition coefficient (Wildman–Crippen LogP) is 3.53. The third-order valence-electron chi connectivity index (χ3n) is 3.49. The molecule has 0 fully saturated rings. The molecule has 0 spiro atoms. The Bertz CT molecular complexity index is 735. The first-order chi connectivity index (χ1) is 10.4. The smallest absolute Gasteiger partial charge is 0.213 e. The summed E-state index contributed by atoms with van der Waals surface area (Å²) in [6.07, 6.45) is 0. The summed E-state index contributed by atoms with van der Waals surface area (Å²) in [5.41, 5.74) is 2.28. The molecule has 1 heterocycles. The van der Waals surface area contributed by atoms with Crippen molar-refractivity contribution in [2.24, 2.45) is 0 Å². The SMILES string of the molecule is COc1cccc(CNCc2cccc3ccccc23)n1. The minimum atomic E-state index is 0.652. The molecule has 1 N–H and O–H groups in total. The number of nitrogens with zero attached hydrogens (tertiary/aromatic N) is 1. The zero-order valence-corrected chi connectivity index (χ0v) is 12.0. The number of methoxy groups -OCH3 is 1. The number of fused-ring (bicyclic) bond motifs is 1. The van der Waals surface area contributed by atoms with Gasteiger partial charge >= 0.3 is 0 Å². The fourth-order valence-corrected chi connectivity index (χ4v) is 2.44. The Kier molecular flexibility index (Phi) is 4.12. The zero-order valence-electron chi connectivity index (χ0n) is 12.0. The summed E-state index contributed by atoms with van der Waals surface area (Å²) in [5.74, 6) is 0.652. The van der Waals surface area contributed by atoms with Crippen molar-refractivity contribution in [3.05, 3.63) is 71.9 Å². The first-order valence-electron chi connectivity index (χ1n) is 7.04. The fraction of sp³-hybridized carbons (Fsp3) is 0.167. The highest BCUT2D eigenvalue weighted by atomic mass is 16.5. The summed E-state index contributed by atoms with van der Waals surface area (Å²) in [5, 5.41) is 6.02. The van der Waals surface area contributed by atoms with E-state index in [4.69, 9.17) is 4.74 Å². The second-order valence-electron chi connectivity index (χ2n) is 4.91. The van der Waals surface area contributed by atoms with Crippen LogP contribution in [0.4, 0.5) is 0 Å². The van der Waals surface area contributed by atoms with Crippen LogP contribution >= 0.6 is 0 Å². The van der Waals surface area contributed by atoms with E-state index in [1.165, 1.54) is 16.3 Å². The molecule has 0 aliphatic rings. The maximum absolute atomic E-state index is 5.14. The third-order valence-corrected chi connectivity index (χ3v) is 3.49. The largest absolute Gasteiger partial charge is 0.481 e. The van der Waals surface area contributed by atoms with Crippen molar-refractivity contribution >= 4 is 10.8 Å². The molecule has 0 aliphatic carbocycles. The lowest BCUT2D eigenvalue weighted by Gasteiger charge is -2.08. The highest BCUT2D eigenvalue weighted by Gasteiger charge is 2.01. The van der Waals surface area contributed by atoms with Crippen LogP contribution in [0.25, 0.3) is 10.8 Å². The average Bonchev–Trinajstić information content (AvgIpc) is 2.55. The number of nitrogens with one attached hydrogen (secondary N) is 1. The molecular weight excluding hydrogens is 260 g/mol. The monoisotopic (exact) mass is 278 g/mol. The van der Waals surface area contributed by atoms with E-state index in [9.17, 15) is 0 Å². The molecule has 0 bridgehead atoms. The number of rotatable bonds is 5. The standard InChI is InChI=1S/C18H18N2O/c1-21-18-11-5-9-16(20-18)13-19-12-15-8-4-7-14-6-2-3-10-17(14)15/h2-11,19H,12-13H2,1H3. The summed E-state index contributed by atoms with van der Waals surface area (Å²) in [6, 6.07) is 20.7. The quantitative estimate of drug-likeness (QED) is 0.775. The normalized spacial score (nSPS) is 10.7. The summed E-state index contributed by atoms with van der Waals surface area (Å²) in [7, 11) is 1.63. The Labute approximate surface area is 124 Å². The summed E-state index contributed by atoms with van der Waals surface area (Å²) in [6.45, 7) is 1.54. The van der Waals surface area contributed by atoms with Crippen molar-refractivity contribution in [2.75, 3.05) is 7.11 Å². The third kappa shape index (κ3) is 3.20. The maximum atomic E-state index is 5.14. The molecule has 3 rings (SSSR count). The van der Waals surface area contributed by atoms with Gasteiger partial charge in [-0.3, -0.25) is 0 Å². The number of benzene rings is 2. The van der Waals surface area contributed by atoms with E-state index in [0.29, 0.717) is 5.88 Å². The van der Waals surface area contributed by atoms with Gasteiger partial charge in [0.1, 0.15) is 0 Å². The van der Waals surface area contributed by atoms with E-state index in [1.807, 2.05) is 18.2 Å². The molecule has 0 unspecified atom stereocenters. The minimum Gasteiger partial charge on any atom is -0.481 e. The molecule has 3 aromatic rings. The molecular formula is C18H18N2O. The van der Waals surface area contributed by atoms with Gasteiger partial charge in [0.25, 0.3) is 0 Å². The molecule has 1 aromatic heterocycles. The van der Waals surface area contributed by atoms with Gasteiger partial charge in [-0.05, 0) is 22.4 Å². The van der Waals surface area contributed by atoms with Gasteiger partial charge in [0, 0.05) is 19.2 Å². The zero-order chi connectivity index (χ0) is 14.5. The second-order valence-corrected chi connectivity index (χ2v) is 4.91. The molecule has 0 aliphatic heterocycles. The molecule has 0 saturated heterocycles. The Balaban J connectivity index is 1.69. The van der Waals surface area contributed by atoms with Crippen molar-refractivity contribution in [3.8, 4) is 5.88 Å². The molecule has 0 amide bonds.